The SMILES string of the molecule is CCOC(=O)N1CCN(c2ccnc3nc(C)ccc23)CC1. The number of piperazine rings is 1. The van der Waals surface area contributed by atoms with Crippen LogP contribution in [0.5, 0.6) is 0 Å². The van der Waals surface area contributed by atoms with E-state index in [-0.39, 0.29) is 6.09 Å². The Labute approximate surface area is 129 Å². The zero-order chi connectivity index (χ0) is 15.5. The van der Waals surface area contributed by atoms with E-state index in [1.165, 1.54) is 0 Å². The van der Waals surface area contributed by atoms with Gasteiger partial charge in [0.25, 0.3) is 0 Å². The van der Waals surface area contributed by atoms with Gasteiger partial charge in [-0.15, -0.1) is 0 Å². The van der Waals surface area contributed by atoms with Crippen molar-refractivity contribution in [3.8, 4) is 0 Å². The number of ether oxygens (including phenoxy) is 1. The van der Waals surface area contributed by atoms with Gasteiger partial charge in [0.05, 0.1) is 6.61 Å². The number of nitrogens with zero attached hydrogens (tertiary/aromatic N) is 4. The van der Waals surface area contributed by atoms with E-state index in [1.54, 1.807) is 11.1 Å². The van der Waals surface area contributed by atoms with Crippen LogP contribution in [0.2, 0.25) is 0 Å². The van der Waals surface area contributed by atoms with Crippen LogP contribution in [0.1, 0.15) is 12.6 Å². The number of carbonyl (C=O) groups excluding carboxylic acids is 1. The van der Waals surface area contributed by atoms with E-state index in [0.29, 0.717) is 19.7 Å². The third-order valence-electron chi connectivity index (χ3n) is 3.87. The van der Waals surface area contributed by atoms with Crippen molar-refractivity contribution in [3.63, 3.8) is 0 Å². The minimum atomic E-state index is -0.223. The number of amides is 1. The number of fused-ring (bicyclic) bond motifs is 1. The average molecular weight is 300 g/mol. The largest absolute Gasteiger partial charge is 0.450 e. The van der Waals surface area contributed by atoms with Crippen LogP contribution in [-0.4, -0.2) is 53.7 Å². The van der Waals surface area contributed by atoms with Crippen molar-refractivity contribution in [3.05, 3.63) is 30.1 Å². The smallest absolute Gasteiger partial charge is 0.409 e. The second-order valence-electron chi connectivity index (χ2n) is 5.33. The number of hydrogen-bond donors (Lipinski definition) is 0. The van der Waals surface area contributed by atoms with Crippen LogP contribution in [0.3, 0.4) is 0 Å². The third-order valence-corrected chi connectivity index (χ3v) is 3.87. The highest BCUT2D eigenvalue weighted by atomic mass is 16.6. The highest BCUT2D eigenvalue weighted by Gasteiger charge is 2.23. The molecule has 3 heterocycles. The van der Waals surface area contributed by atoms with Crippen molar-refractivity contribution < 1.29 is 9.53 Å². The van der Waals surface area contributed by atoms with Gasteiger partial charge in [0, 0.05) is 49.1 Å². The molecule has 116 valence electrons. The van der Waals surface area contributed by atoms with Crippen LogP contribution in [-0.2, 0) is 4.74 Å². The Kier molecular flexibility index (Phi) is 4.09. The molecule has 6 heteroatoms. The van der Waals surface area contributed by atoms with Crippen molar-refractivity contribution in [2.75, 3.05) is 37.7 Å². The van der Waals surface area contributed by atoms with Crippen molar-refractivity contribution in [1.29, 1.82) is 0 Å². The quantitative estimate of drug-likeness (QED) is 0.851. The van der Waals surface area contributed by atoms with Gasteiger partial charge in [-0.25, -0.2) is 14.8 Å². The van der Waals surface area contributed by atoms with Crippen molar-refractivity contribution >= 4 is 22.8 Å². The number of aryl methyl sites for hydroxylation is 1. The molecule has 0 aromatic carbocycles. The molecule has 0 bridgehead atoms. The normalized spacial score (nSPS) is 15.2. The van der Waals surface area contributed by atoms with Crippen molar-refractivity contribution in [2.24, 2.45) is 0 Å². The monoisotopic (exact) mass is 300 g/mol. The van der Waals surface area contributed by atoms with Gasteiger partial charge < -0.3 is 14.5 Å². The molecule has 1 saturated heterocycles. The molecule has 0 spiro atoms. The Morgan fingerprint density at radius 2 is 2.00 bits per heavy atom. The molecule has 0 N–H and O–H groups in total. The zero-order valence-corrected chi connectivity index (χ0v) is 13.0. The number of rotatable bonds is 2. The molecule has 22 heavy (non-hydrogen) atoms. The second kappa shape index (κ2) is 6.17. The summed E-state index contributed by atoms with van der Waals surface area (Å²) in [6.07, 6.45) is 1.57. The minimum Gasteiger partial charge on any atom is -0.450 e. The third kappa shape index (κ3) is 2.81. The molecule has 6 nitrogen and oxygen atoms in total. The molecule has 0 aliphatic carbocycles. The molecule has 0 unspecified atom stereocenters. The number of aromatic nitrogens is 2. The molecule has 1 aliphatic rings. The van der Waals surface area contributed by atoms with E-state index in [4.69, 9.17) is 4.74 Å². The highest BCUT2D eigenvalue weighted by molar-refractivity contribution is 5.89. The topological polar surface area (TPSA) is 58.6 Å². The number of hydrogen-bond acceptors (Lipinski definition) is 5. The first kappa shape index (κ1) is 14.6. The number of anilines is 1. The molecule has 1 amide bonds. The number of pyridine rings is 2. The van der Waals surface area contributed by atoms with Crippen LogP contribution in [0.25, 0.3) is 11.0 Å². The standard InChI is InChI=1S/C16H20N4O2/c1-3-22-16(21)20-10-8-19(9-11-20)14-6-7-17-15-13(14)5-4-12(2)18-15/h4-7H,3,8-11H2,1-2H3. The van der Waals surface area contributed by atoms with Crippen molar-refractivity contribution in [2.45, 2.75) is 13.8 Å². The molecule has 2 aromatic heterocycles. The van der Waals surface area contributed by atoms with Gasteiger partial charge >= 0.3 is 6.09 Å². The van der Waals surface area contributed by atoms with Crippen molar-refractivity contribution in [1.82, 2.24) is 14.9 Å². The molecular formula is C16H20N4O2. The Hall–Kier alpha value is -2.37. The van der Waals surface area contributed by atoms with E-state index in [0.717, 1.165) is 35.5 Å². The first-order valence-electron chi connectivity index (χ1n) is 7.58. The Morgan fingerprint density at radius 1 is 1.23 bits per heavy atom. The summed E-state index contributed by atoms with van der Waals surface area (Å²) < 4.78 is 5.05. The summed E-state index contributed by atoms with van der Waals surface area (Å²) in [6, 6.07) is 6.08. The molecule has 0 saturated carbocycles. The van der Waals surface area contributed by atoms with E-state index < -0.39 is 0 Å². The van der Waals surface area contributed by atoms with Gasteiger partial charge in [0.15, 0.2) is 5.65 Å². The lowest BCUT2D eigenvalue weighted by Crippen LogP contribution is -2.49. The minimum absolute atomic E-state index is 0.223. The van der Waals surface area contributed by atoms with Gasteiger partial charge in [0.2, 0.25) is 0 Å². The lowest BCUT2D eigenvalue weighted by atomic mass is 10.2. The van der Waals surface area contributed by atoms with Gasteiger partial charge in [-0.2, -0.15) is 0 Å². The summed E-state index contributed by atoms with van der Waals surface area (Å²) in [6.45, 7) is 7.11. The van der Waals surface area contributed by atoms with Crippen LogP contribution >= 0.6 is 0 Å². The summed E-state index contributed by atoms with van der Waals surface area (Å²) in [5, 5.41) is 1.05. The maximum Gasteiger partial charge on any atom is 0.409 e. The van der Waals surface area contributed by atoms with E-state index in [2.05, 4.69) is 20.9 Å². The molecule has 0 atom stereocenters. The first-order valence-corrected chi connectivity index (χ1v) is 7.58. The maximum absolute atomic E-state index is 11.8. The van der Waals surface area contributed by atoms with E-state index in [9.17, 15) is 4.79 Å². The van der Waals surface area contributed by atoms with Crippen LogP contribution < -0.4 is 4.90 Å². The lowest BCUT2D eigenvalue weighted by molar-refractivity contribution is 0.105. The molecule has 1 fully saturated rings. The predicted octanol–water partition coefficient (Wildman–Crippen LogP) is 2.22. The Bertz CT molecular complexity index is 681. The molecule has 3 rings (SSSR count). The van der Waals surface area contributed by atoms with Crippen LogP contribution in [0.4, 0.5) is 10.5 Å². The van der Waals surface area contributed by atoms with Crippen LogP contribution in [0, 0.1) is 6.92 Å². The first-order chi connectivity index (χ1) is 10.7. The average Bonchev–Trinajstić information content (AvgIpc) is 2.54. The Morgan fingerprint density at radius 3 is 2.73 bits per heavy atom. The summed E-state index contributed by atoms with van der Waals surface area (Å²) >= 11 is 0. The lowest BCUT2D eigenvalue weighted by Gasteiger charge is -2.35. The molecule has 2 aromatic rings. The maximum atomic E-state index is 11.8. The summed E-state index contributed by atoms with van der Waals surface area (Å²) in [5.41, 5.74) is 2.86. The van der Waals surface area contributed by atoms with Gasteiger partial charge in [-0.05, 0) is 32.0 Å². The fraction of sp³-hybridized carbons (Fsp3) is 0.438. The van der Waals surface area contributed by atoms with E-state index >= 15 is 0 Å². The summed E-state index contributed by atoms with van der Waals surface area (Å²) in [4.78, 5) is 24.6. The number of carbonyl (C=O) groups is 1. The Balaban J connectivity index is 1.78. The predicted molar refractivity (Wildman–Crippen MR) is 85.1 cm³/mol. The molecule has 0 radical (unpaired) electrons. The summed E-state index contributed by atoms with van der Waals surface area (Å²) in [7, 11) is 0. The molecular weight excluding hydrogens is 280 g/mol. The van der Waals surface area contributed by atoms with Gasteiger partial charge in [-0.3, -0.25) is 0 Å². The van der Waals surface area contributed by atoms with E-state index in [1.807, 2.05) is 26.0 Å². The highest BCUT2D eigenvalue weighted by Crippen LogP contribution is 2.25. The van der Waals surface area contributed by atoms with Crippen LogP contribution in [0.15, 0.2) is 24.4 Å². The summed E-state index contributed by atoms with van der Waals surface area (Å²) in [5.74, 6) is 0. The second-order valence-corrected chi connectivity index (χ2v) is 5.33. The fourth-order valence-electron chi connectivity index (χ4n) is 2.73. The van der Waals surface area contributed by atoms with Gasteiger partial charge in [-0.1, -0.05) is 0 Å². The zero-order valence-electron chi connectivity index (χ0n) is 13.0. The molecule has 1 aliphatic heterocycles. The van der Waals surface area contributed by atoms with Gasteiger partial charge in [0.1, 0.15) is 0 Å². The fourth-order valence-corrected chi connectivity index (χ4v) is 2.73.